The number of hydrogen-bond acceptors (Lipinski definition) is 4. The van der Waals surface area contributed by atoms with Gasteiger partial charge in [-0.15, -0.1) is 0 Å². The minimum Gasteiger partial charge on any atom is -0.466 e. The van der Waals surface area contributed by atoms with E-state index in [9.17, 15) is 13.2 Å². The molecule has 1 aromatic carbocycles. The van der Waals surface area contributed by atoms with E-state index in [0.29, 0.717) is 12.0 Å². The molecule has 5 nitrogen and oxygen atoms in total. The lowest BCUT2D eigenvalue weighted by Crippen LogP contribution is -2.38. The monoisotopic (exact) mass is 393 g/mol. The lowest BCUT2D eigenvalue weighted by molar-refractivity contribution is -0.136. The Labute approximate surface area is 163 Å². The molecule has 1 aromatic rings. The Morgan fingerprint density at radius 2 is 1.81 bits per heavy atom. The first-order valence-corrected chi connectivity index (χ1v) is 11.2. The molecule has 0 N–H and O–H groups in total. The number of ether oxygens (including phenoxy) is 1. The van der Waals surface area contributed by atoms with Gasteiger partial charge in [0.05, 0.1) is 17.6 Å². The number of methoxy groups -OCH3 is 1. The number of rotatable bonds is 8. The van der Waals surface area contributed by atoms with E-state index in [-0.39, 0.29) is 10.9 Å². The number of sulfonamides is 1. The quantitative estimate of drug-likeness (QED) is 0.479. The summed E-state index contributed by atoms with van der Waals surface area (Å²) in [6.07, 6.45) is 8.52. The van der Waals surface area contributed by atoms with Gasteiger partial charge in [-0.1, -0.05) is 50.3 Å². The Kier molecular flexibility index (Phi) is 7.90. The molecule has 0 aromatic heterocycles. The van der Waals surface area contributed by atoms with Gasteiger partial charge in [-0.2, -0.15) is 0 Å². The van der Waals surface area contributed by atoms with Crippen LogP contribution < -0.4 is 0 Å². The van der Waals surface area contributed by atoms with E-state index >= 15 is 0 Å². The average Bonchev–Trinajstić information content (AvgIpc) is 2.68. The van der Waals surface area contributed by atoms with E-state index in [1.165, 1.54) is 17.6 Å². The largest absolute Gasteiger partial charge is 0.466 e. The maximum absolute atomic E-state index is 13.4. The van der Waals surface area contributed by atoms with Gasteiger partial charge in [-0.25, -0.2) is 13.2 Å². The van der Waals surface area contributed by atoms with Crippen LogP contribution in [-0.4, -0.2) is 31.8 Å². The van der Waals surface area contributed by atoms with E-state index < -0.39 is 16.0 Å². The molecule has 0 spiro atoms. The van der Waals surface area contributed by atoms with Crippen molar-refractivity contribution in [3.05, 3.63) is 41.6 Å². The number of aryl methyl sites for hydroxylation is 1. The first kappa shape index (κ1) is 21.5. The Bertz CT molecular complexity index is 747. The van der Waals surface area contributed by atoms with Gasteiger partial charge in [0.2, 0.25) is 0 Å². The molecule has 1 aliphatic rings. The van der Waals surface area contributed by atoms with Crippen LogP contribution in [0.1, 0.15) is 63.9 Å². The normalized spacial score (nSPS) is 16.2. The Balaban J connectivity index is 2.47. The SMILES string of the molecule is CCCC/C(=C\N(C1CCCCC1)S(=O)(=O)c1ccc(C)cc1)C(=O)OC. The van der Waals surface area contributed by atoms with Gasteiger partial charge in [0.1, 0.15) is 0 Å². The first-order chi connectivity index (χ1) is 12.9. The molecule has 0 amide bonds. The van der Waals surface area contributed by atoms with Gasteiger partial charge in [-0.05, 0) is 44.7 Å². The van der Waals surface area contributed by atoms with Crippen molar-refractivity contribution >= 4 is 16.0 Å². The van der Waals surface area contributed by atoms with Crippen molar-refractivity contribution in [1.29, 1.82) is 0 Å². The summed E-state index contributed by atoms with van der Waals surface area (Å²) in [5.74, 6) is -0.455. The number of esters is 1. The first-order valence-electron chi connectivity index (χ1n) is 9.79. The molecule has 0 heterocycles. The van der Waals surface area contributed by atoms with Gasteiger partial charge in [0.25, 0.3) is 10.0 Å². The second kappa shape index (κ2) is 9.93. The third-order valence-electron chi connectivity index (χ3n) is 5.06. The van der Waals surface area contributed by atoms with Crippen LogP contribution in [0.4, 0.5) is 0 Å². The average molecular weight is 394 g/mol. The van der Waals surface area contributed by atoms with E-state index in [1.54, 1.807) is 24.3 Å². The zero-order valence-electron chi connectivity index (χ0n) is 16.6. The molecule has 1 aliphatic carbocycles. The summed E-state index contributed by atoms with van der Waals surface area (Å²) in [5, 5.41) is 0. The second-order valence-electron chi connectivity index (χ2n) is 7.19. The molecule has 0 bridgehead atoms. The molecule has 150 valence electrons. The van der Waals surface area contributed by atoms with Crippen molar-refractivity contribution in [2.45, 2.75) is 76.2 Å². The lowest BCUT2D eigenvalue weighted by Gasteiger charge is -2.33. The van der Waals surface area contributed by atoms with Gasteiger partial charge in [-0.3, -0.25) is 4.31 Å². The summed E-state index contributed by atoms with van der Waals surface area (Å²) in [6.45, 7) is 3.96. The Morgan fingerprint density at radius 3 is 2.37 bits per heavy atom. The van der Waals surface area contributed by atoms with Crippen molar-refractivity contribution in [2.75, 3.05) is 7.11 Å². The molecule has 0 atom stereocenters. The molecule has 1 fully saturated rings. The Hall–Kier alpha value is -1.82. The molecule has 0 aliphatic heterocycles. The van der Waals surface area contributed by atoms with Gasteiger partial charge >= 0.3 is 5.97 Å². The maximum atomic E-state index is 13.4. The fourth-order valence-electron chi connectivity index (χ4n) is 3.41. The van der Waals surface area contributed by atoms with Crippen LogP contribution in [0.15, 0.2) is 40.9 Å². The van der Waals surface area contributed by atoms with Crippen LogP contribution in [0.2, 0.25) is 0 Å². The summed E-state index contributed by atoms with van der Waals surface area (Å²) in [6, 6.07) is 6.75. The number of unbranched alkanes of at least 4 members (excludes halogenated alkanes) is 1. The summed E-state index contributed by atoms with van der Waals surface area (Å²) in [7, 11) is -2.40. The zero-order chi connectivity index (χ0) is 19.9. The number of nitrogens with zero attached hydrogens (tertiary/aromatic N) is 1. The van der Waals surface area contributed by atoms with Gasteiger partial charge in [0, 0.05) is 12.2 Å². The minimum atomic E-state index is -3.73. The second-order valence-corrected chi connectivity index (χ2v) is 9.03. The van der Waals surface area contributed by atoms with Crippen LogP contribution >= 0.6 is 0 Å². The van der Waals surface area contributed by atoms with Crippen molar-refractivity contribution < 1.29 is 17.9 Å². The molecule has 0 radical (unpaired) electrons. The molecule has 2 rings (SSSR count). The molecule has 0 saturated heterocycles. The lowest BCUT2D eigenvalue weighted by atomic mass is 9.95. The smallest absolute Gasteiger partial charge is 0.335 e. The minimum absolute atomic E-state index is 0.119. The third-order valence-corrected chi connectivity index (χ3v) is 6.89. The number of carbonyl (C=O) groups excluding carboxylic acids is 1. The number of benzene rings is 1. The summed E-state index contributed by atoms with van der Waals surface area (Å²) in [5.41, 5.74) is 1.42. The summed E-state index contributed by atoms with van der Waals surface area (Å²) >= 11 is 0. The predicted molar refractivity (Wildman–Crippen MR) is 107 cm³/mol. The van der Waals surface area contributed by atoms with Crippen LogP contribution in [-0.2, 0) is 19.6 Å². The molecular formula is C21H31NO4S. The third kappa shape index (κ3) is 5.58. The highest BCUT2D eigenvalue weighted by Crippen LogP contribution is 2.29. The van der Waals surface area contributed by atoms with Crippen molar-refractivity contribution in [2.24, 2.45) is 0 Å². The van der Waals surface area contributed by atoms with E-state index in [2.05, 4.69) is 0 Å². The topological polar surface area (TPSA) is 63.7 Å². The number of carbonyl (C=O) groups is 1. The van der Waals surface area contributed by atoms with Gasteiger partial charge < -0.3 is 4.74 Å². The van der Waals surface area contributed by atoms with Crippen molar-refractivity contribution in [3.8, 4) is 0 Å². The summed E-state index contributed by atoms with van der Waals surface area (Å²) < 4.78 is 33.1. The molecule has 27 heavy (non-hydrogen) atoms. The standard InChI is InChI=1S/C21H31NO4S/c1-4-5-9-18(21(23)26-3)16-22(19-10-7-6-8-11-19)27(24,25)20-14-12-17(2)13-15-20/h12-16,19H,4-11H2,1-3H3/b18-16+. The Morgan fingerprint density at radius 1 is 1.19 bits per heavy atom. The van der Waals surface area contributed by atoms with E-state index in [0.717, 1.165) is 50.5 Å². The fourth-order valence-corrected chi connectivity index (χ4v) is 5.00. The molecular weight excluding hydrogens is 362 g/mol. The molecule has 6 heteroatoms. The fraction of sp³-hybridized carbons (Fsp3) is 0.571. The van der Waals surface area contributed by atoms with Crippen LogP contribution in [0.3, 0.4) is 0 Å². The van der Waals surface area contributed by atoms with Crippen LogP contribution in [0.25, 0.3) is 0 Å². The highest BCUT2D eigenvalue weighted by Gasteiger charge is 2.31. The molecule has 0 unspecified atom stereocenters. The van der Waals surface area contributed by atoms with E-state index in [4.69, 9.17) is 4.74 Å². The zero-order valence-corrected chi connectivity index (χ0v) is 17.4. The van der Waals surface area contributed by atoms with Crippen LogP contribution in [0, 0.1) is 6.92 Å². The van der Waals surface area contributed by atoms with Gasteiger partial charge in [0.15, 0.2) is 0 Å². The highest BCUT2D eigenvalue weighted by molar-refractivity contribution is 7.89. The van der Waals surface area contributed by atoms with E-state index in [1.807, 2.05) is 13.8 Å². The highest BCUT2D eigenvalue weighted by atomic mass is 32.2. The molecule has 1 saturated carbocycles. The summed E-state index contributed by atoms with van der Waals surface area (Å²) in [4.78, 5) is 12.5. The van der Waals surface area contributed by atoms with Crippen molar-refractivity contribution in [1.82, 2.24) is 4.31 Å². The van der Waals surface area contributed by atoms with Crippen molar-refractivity contribution in [3.63, 3.8) is 0 Å². The maximum Gasteiger partial charge on any atom is 0.335 e. The number of hydrogen-bond donors (Lipinski definition) is 0. The van der Waals surface area contributed by atoms with Crippen LogP contribution in [0.5, 0.6) is 0 Å². The predicted octanol–water partition coefficient (Wildman–Crippen LogP) is 4.57.